The molecule has 1 aromatic carbocycles. The van der Waals surface area contributed by atoms with E-state index in [1.54, 1.807) is 18.3 Å². The van der Waals surface area contributed by atoms with Crippen molar-refractivity contribution in [1.82, 2.24) is 9.97 Å². The van der Waals surface area contributed by atoms with Crippen molar-refractivity contribution in [3.8, 4) is 0 Å². The van der Waals surface area contributed by atoms with E-state index in [0.29, 0.717) is 17.1 Å². The SMILES string of the molecule is C[C@@H]1CCc2c(sc3nc([C@H](C)OC(=O)C(C)(C)c4ccccc4)[nH]c(=O)c23)C1. The van der Waals surface area contributed by atoms with Gasteiger partial charge < -0.3 is 9.72 Å². The average molecular weight is 411 g/mol. The van der Waals surface area contributed by atoms with Gasteiger partial charge in [-0.2, -0.15) is 0 Å². The van der Waals surface area contributed by atoms with Crippen LogP contribution >= 0.6 is 11.3 Å². The second-order valence-electron chi connectivity index (χ2n) is 8.52. The van der Waals surface area contributed by atoms with Gasteiger partial charge in [0.25, 0.3) is 5.56 Å². The van der Waals surface area contributed by atoms with Crippen molar-refractivity contribution >= 4 is 27.5 Å². The van der Waals surface area contributed by atoms with E-state index in [2.05, 4.69) is 16.9 Å². The van der Waals surface area contributed by atoms with Gasteiger partial charge in [0.1, 0.15) is 4.83 Å². The molecule has 0 fully saturated rings. The minimum Gasteiger partial charge on any atom is -0.454 e. The molecule has 152 valence electrons. The third kappa shape index (κ3) is 3.62. The van der Waals surface area contributed by atoms with E-state index < -0.39 is 11.5 Å². The Bertz CT molecular complexity index is 1110. The number of aromatic nitrogens is 2. The quantitative estimate of drug-likeness (QED) is 0.633. The Morgan fingerprint density at radius 3 is 2.76 bits per heavy atom. The number of thiophene rings is 1. The second-order valence-corrected chi connectivity index (χ2v) is 9.61. The average Bonchev–Trinajstić information content (AvgIpc) is 3.06. The highest BCUT2D eigenvalue weighted by molar-refractivity contribution is 7.18. The lowest BCUT2D eigenvalue weighted by Gasteiger charge is -2.25. The standard InChI is InChI=1S/C23H26N2O3S/c1-13-10-11-16-17(12-13)29-21-18(16)20(26)24-19(25-21)14(2)28-22(27)23(3,4)15-8-6-5-7-9-15/h5-9,13-14H,10-12H2,1-4H3,(H,24,25,26)/t13-,14+/m1/s1. The summed E-state index contributed by atoms with van der Waals surface area (Å²) in [6, 6.07) is 9.55. The molecule has 2 aromatic heterocycles. The molecular weight excluding hydrogens is 384 g/mol. The van der Waals surface area contributed by atoms with Crippen molar-refractivity contribution in [2.24, 2.45) is 5.92 Å². The normalized spacial score (nSPS) is 17.7. The molecule has 1 aliphatic carbocycles. The number of fused-ring (bicyclic) bond motifs is 3. The highest BCUT2D eigenvalue weighted by atomic mass is 32.1. The van der Waals surface area contributed by atoms with Gasteiger partial charge in [0, 0.05) is 4.88 Å². The van der Waals surface area contributed by atoms with Crippen LogP contribution in [0.3, 0.4) is 0 Å². The Morgan fingerprint density at radius 2 is 2.03 bits per heavy atom. The summed E-state index contributed by atoms with van der Waals surface area (Å²) in [5.74, 6) is 0.679. The fourth-order valence-electron chi connectivity index (χ4n) is 3.89. The number of aryl methyl sites for hydroxylation is 1. The first-order valence-corrected chi connectivity index (χ1v) is 10.9. The predicted octanol–water partition coefficient (Wildman–Crippen LogP) is 4.69. The largest absolute Gasteiger partial charge is 0.454 e. The summed E-state index contributed by atoms with van der Waals surface area (Å²) in [4.78, 5) is 35.2. The summed E-state index contributed by atoms with van der Waals surface area (Å²) >= 11 is 1.60. The Morgan fingerprint density at radius 1 is 1.31 bits per heavy atom. The minimum absolute atomic E-state index is 0.137. The molecule has 1 N–H and O–H groups in total. The second kappa shape index (κ2) is 7.41. The summed E-state index contributed by atoms with van der Waals surface area (Å²) in [5.41, 5.74) is 1.10. The van der Waals surface area contributed by atoms with Gasteiger partial charge in [0.15, 0.2) is 11.9 Å². The van der Waals surface area contributed by atoms with Crippen LogP contribution in [0, 0.1) is 5.92 Å². The number of nitrogens with one attached hydrogen (secondary N) is 1. The Kier molecular flexibility index (Phi) is 5.07. The molecule has 5 nitrogen and oxygen atoms in total. The molecule has 0 unspecified atom stereocenters. The minimum atomic E-state index is -0.794. The fraction of sp³-hybridized carbons (Fsp3) is 0.435. The number of ether oxygens (including phenoxy) is 1. The van der Waals surface area contributed by atoms with E-state index >= 15 is 0 Å². The van der Waals surface area contributed by atoms with Crippen molar-refractivity contribution in [2.75, 3.05) is 0 Å². The topological polar surface area (TPSA) is 72.0 Å². The fourth-order valence-corrected chi connectivity index (χ4v) is 5.28. The van der Waals surface area contributed by atoms with Gasteiger partial charge >= 0.3 is 5.97 Å². The zero-order valence-corrected chi connectivity index (χ0v) is 18.1. The molecule has 1 aliphatic rings. The first-order valence-electron chi connectivity index (χ1n) is 10.1. The van der Waals surface area contributed by atoms with E-state index in [0.717, 1.165) is 35.2 Å². The molecule has 0 amide bonds. The van der Waals surface area contributed by atoms with Crippen molar-refractivity contribution < 1.29 is 9.53 Å². The number of hydrogen-bond donors (Lipinski definition) is 1. The van der Waals surface area contributed by atoms with Crippen molar-refractivity contribution in [1.29, 1.82) is 0 Å². The van der Waals surface area contributed by atoms with Crippen LogP contribution in [0.15, 0.2) is 35.1 Å². The van der Waals surface area contributed by atoms with Gasteiger partial charge in [-0.1, -0.05) is 37.3 Å². The summed E-state index contributed by atoms with van der Waals surface area (Å²) in [7, 11) is 0. The lowest BCUT2D eigenvalue weighted by Crippen LogP contribution is -2.32. The monoisotopic (exact) mass is 410 g/mol. The smallest absolute Gasteiger partial charge is 0.316 e. The maximum atomic E-state index is 12.9. The number of hydrogen-bond acceptors (Lipinski definition) is 5. The lowest BCUT2D eigenvalue weighted by molar-refractivity contribution is -0.154. The van der Waals surface area contributed by atoms with E-state index in [-0.39, 0.29) is 11.5 Å². The van der Waals surface area contributed by atoms with Crippen molar-refractivity contribution in [2.45, 2.75) is 58.5 Å². The summed E-state index contributed by atoms with van der Waals surface area (Å²) < 4.78 is 5.71. The highest BCUT2D eigenvalue weighted by Crippen LogP contribution is 2.36. The van der Waals surface area contributed by atoms with Gasteiger partial charge in [0.2, 0.25) is 0 Å². The van der Waals surface area contributed by atoms with Gasteiger partial charge in [-0.05, 0) is 57.1 Å². The summed E-state index contributed by atoms with van der Waals surface area (Å²) in [5, 5.41) is 0.712. The Hall–Kier alpha value is -2.47. The number of rotatable bonds is 4. The first-order chi connectivity index (χ1) is 13.8. The number of carbonyl (C=O) groups is 1. The molecule has 0 saturated heterocycles. The summed E-state index contributed by atoms with van der Waals surface area (Å²) in [6.45, 7) is 7.67. The van der Waals surface area contributed by atoms with Crippen molar-refractivity contribution in [3.63, 3.8) is 0 Å². The van der Waals surface area contributed by atoms with Gasteiger partial charge in [0.05, 0.1) is 10.8 Å². The number of carbonyl (C=O) groups excluding carboxylic acids is 1. The number of aromatic amines is 1. The Balaban J connectivity index is 1.61. The predicted molar refractivity (Wildman–Crippen MR) is 115 cm³/mol. The molecule has 2 atom stereocenters. The number of H-pyrrole nitrogens is 1. The molecule has 0 aliphatic heterocycles. The molecule has 0 saturated carbocycles. The van der Waals surface area contributed by atoms with Crippen LogP contribution in [0.5, 0.6) is 0 Å². The number of nitrogens with zero attached hydrogens (tertiary/aromatic N) is 1. The van der Waals surface area contributed by atoms with Crippen LogP contribution in [0.4, 0.5) is 0 Å². The van der Waals surface area contributed by atoms with E-state index in [1.165, 1.54) is 4.88 Å². The molecule has 0 bridgehead atoms. The molecule has 2 heterocycles. The molecule has 4 rings (SSSR count). The molecule has 0 radical (unpaired) electrons. The van der Waals surface area contributed by atoms with Gasteiger partial charge in [-0.15, -0.1) is 11.3 Å². The summed E-state index contributed by atoms with van der Waals surface area (Å²) in [6.07, 6.45) is 2.39. The van der Waals surface area contributed by atoms with Crippen LogP contribution in [0.25, 0.3) is 10.2 Å². The highest BCUT2D eigenvalue weighted by Gasteiger charge is 2.33. The zero-order chi connectivity index (χ0) is 20.8. The number of esters is 1. The van der Waals surface area contributed by atoms with Crippen LogP contribution in [-0.4, -0.2) is 15.9 Å². The molecule has 6 heteroatoms. The van der Waals surface area contributed by atoms with Crippen LogP contribution < -0.4 is 5.56 Å². The maximum Gasteiger partial charge on any atom is 0.316 e. The van der Waals surface area contributed by atoms with Crippen LogP contribution in [0.2, 0.25) is 0 Å². The third-order valence-corrected chi connectivity index (χ3v) is 7.01. The van der Waals surface area contributed by atoms with Crippen LogP contribution in [-0.2, 0) is 27.8 Å². The zero-order valence-electron chi connectivity index (χ0n) is 17.2. The molecule has 3 aromatic rings. The molecular formula is C23H26N2O3S. The van der Waals surface area contributed by atoms with E-state index in [1.807, 2.05) is 44.2 Å². The van der Waals surface area contributed by atoms with Crippen molar-refractivity contribution in [3.05, 3.63) is 62.5 Å². The maximum absolute atomic E-state index is 12.9. The first kappa shape index (κ1) is 19.8. The number of benzene rings is 1. The van der Waals surface area contributed by atoms with Gasteiger partial charge in [-0.25, -0.2) is 4.98 Å². The van der Waals surface area contributed by atoms with Gasteiger partial charge in [-0.3, -0.25) is 9.59 Å². The molecule has 0 spiro atoms. The van der Waals surface area contributed by atoms with E-state index in [9.17, 15) is 9.59 Å². The van der Waals surface area contributed by atoms with E-state index in [4.69, 9.17) is 4.74 Å². The molecule has 29 heavy (non-hydrogen) atoms. The van der Waals surface area contributed by atoms with Crippen LogP contribution in [0.1, 0.15) is 62.0 Å². The Labute approximate surface area is 174 Å². The third-order valence-electron chi connectivity index (χ3n) is 5.86. The lowest BCUT2D eigenvalue weighted by atomic mass is 9.85.